The third-order valence-corrected chi connectivity index (χ3v) is 4.42. The molecule has 0 fully saturated rings. The molecule has 100 valence electrons. The van der Waals surface area contributed by atoms with Crippen LogP contribution in [0.15, 0.2) is 24.3 Å². The summed E-state index contributed by atoms with van der Waals surface area (Å²) in [5, 5.41) is 0. The highest BCUT2D eigenvalue weighted by Gasteiger charge is 2.17. The molecule has 2 rings (SSSR count). The van der Waals surface area contributed by atoms with Gasteiger partial charge in [-0.05, 0) is 53.6 Å². The van der Waals surface area contributed by atoms with Gasteiger partial charge < -0.3 is 0 Å². The second kappa shape index (κ2) is 4.93. The van der Waals surface area contributed by atoms with E-state index in [1.54, 1.807) is 11.3 Å². The molecule has 1 heterocycles. The molecule has 0 bridgehead atoms. The van der Waals surface area contributed by atoms with Crippen LogP contribution in [0, 0.1) is 13.8 Å². The van der Waals surface area contributed by atoms with Gasteiger partial charge in [0.2, 0.25) is 0 Å². The molecule has 0 unspecified atom stereocenters. The molecule has 19 heavy (non-hydrogen) atoms. The van der Waals surface area contributed by atoms with Crippen LogP contribution in [-0.4, -0.2) is 6.29 Å². The molecule has 0 aliphatic heterocycles. The van der Waals surface area contributed by atoms with Crippen molar-refractivity contribution in [2.24, 2.45) is 0 Å². The third kappa shape index (κ3) is 2.79. The van der Waals surface area contributed by atoms with Gasteiger partial charge >= 0.3 is 0 Å². The number of benzene rings is 1. The monoisotopic (exact) mass is 272 g/mol. The van der Waals surface area contributed by atoms with Crippen molar-refractivity contribution in [1.82, 2.24) is 0 Å². The van der Waals surface area contributed by atoms with E-state index in [4.69, 9.17) is 0 Å². The highest BCUT2D eigenvalue weighted by Crippen LogP contribution is 2.35. The lowest BCUT2D eigenvalue weighted by atomic mass is 9.83. The van der Waals surface area contributed by atoms with Crippen LogP contribution in [0.3, 0.4) is 0 Å². The first-order chi connectivity index (χ1) is 8.82. The summed E-state index contributed by atoms with van der Waals surface area (Å²) in [7, 11) is 0. The zero-order chi connectivity index (χ0) is 14.2. The first-order valence-corrected chi connectivity index (χ1v) is 7.31. The fourth-order valence-electron chi connectivity index (χ4n) is 2.34. The smallest absolute Gasteiger partial charge is 0.160 e. The van der Waals surface area contributed by atoms with Crippen molar-refractivity contribution in [2.45, 2.75) is 40.0 Å². The van der Waals surface area contributed by atoms with Gasteiger partial charge in [-0.15, -0.1) is 11.3 Å². The van der Waals surface area contributed by atoms with Crippen LogP contribution in [0.5, 0.6) is 0 Å². The largest absolute Gasteiger partial charge is 0.297 e. The summed E-state index contributed by atoms with van der Waals surface area (Å²) < 4.78 is 0. The fourth-order valence-corrected chi connectivity index (χ4v) is 3.33. The summed E-state index contributed by atoms with van der Waals surface area (Å²) in [6, 6.07) is 8.47. The van der Waals surface area contributed by atoms with Crippen LogP contribution in [0.1, 0.15) is 47.1 Å². The number of hydrogen-bond acceptors (Lipinski definition) is 2. The molecule has 1 nitrogen and oxygen atoms in total. The maximum atomic E-state index is 10.8. The number of carbonyl (C=O) groups is 1. The van der Waals surface area contributed by atoms with Crippen molar-refractivity contribution in [2.75, 3.05) is 0 Å². The molecule has 0 saturated carbocycles. The second-order valence-corrected chi connectivity index (χ2v) is 7.17. The maximum absolute atomic E-state index is 10.8. The Kier molecular flexibility index (Phi) is 3.64. The topological polar surface area (TPSA) is 17.1 Å². The van der Waals surface area contributed by atoms with Crippen molar-refractivity contribution in [1.29, 1.82) is 0 Å². The number of aryl methyl sites for hydroxylation is 2. The Morgan fingerprint density at radius 3 is 2.05 bits per heavy atom. The number of carbonyl (C=O) groups excluding carboxylic acids is 1. The maximum Gasteiger partial charge on any atom is 0.160 e. The van der Waals surface area contributed by atoms with Gasteiger partial charge in [-0.3, -0.25) is 4.79 Å². The summed E-state index contributed by atoms with van der Waals surface area (Å²) in [5.41, 5.74) is 5.36. The molecule has 0 aliphatic carbocycles. The van der Waals surface area contributed by atoms with Crippen molar-refractivity contribution >= 4 is 17.6 Å². The summed E-state index contributed by atoms with van der Waals surface area (Å²) in [6.45, 7) is 11.0. The average Bonchev–Trinajstić information content (AvgIpc) is 2.75. The first kappa shape index (κ1) is 14.0. The Morgan fingerprint density at radius 2 is 1.63 bits per heavy atom. The average molecular weight is 272 g/mol. The molecule has 0 saturated heterocycles. The zero-order valence-electron chi connectivity index (χ0n) is 12.2. The molecule has 2 aromatic rings. The fraction of sp³-hybridized carbons (Fsp3) is 0.353. The van der Waals surface area contributed by atoms with Gasteiger partial charge in [0.05, 0.1) is 4.88 Å². The SMILES string of the molecule is Cc1cc(C(C)(C)C)cc(C)c1-c1ccc(C=O)s1. The molecule has 0 atom stereocenters. The normalized spacial score (nSPS) is 11.6. The van der Waals surface area contributed by atoms with E-state index in [9.17, 15) is 4.79 Å². The van der Waals surface area contributed by atoms with Crippen LogP contribution in [-0.2, 0) is 5.41 Å². The van der Waals surface area contributed by atoms with Gasteiger partial charge in [-0.1, -0.05) is 32.9 Å². The summed E-state index contributed by atoms with van der Waals surface area (Å²) in [4.78, 5) is 12.8. The molecule has 0 N–H and O–H groups in total. The molecule has 1 aromatic carbocycles. The van der Waals surface area contributed by atoms with E-state index >= 15 is 0 Å². The number of thiophene rings is 1. The van der Waals surface area contributed by atoms with Crippen LogP contribution < -0.4 is 0 Å². The standard InChI is InChI=1S/C17H20OS/c1-11-8-13(17(3,4)5)9-12(2)16(11)15-7-6-14(10-18)19-15/h6-10H,1-5H3. The molecular formula is C17H20OS. The minimum absolute atomic E-state index is 0.164. The highest BCUT2D eigenvalue weighted by molar-refractivity contribution is 7.17. The van der Waals surface area contributed by atoms with Gasteiger partial charge in [0.1, 0.15) is 0 Å². The third-order valence-electron chi connectivity index (χ3n) is 3.39. The Morgan fingerprint density at radius 1 is 1.05 bits per heavy atom. The van der Waals surface area contributed by atoms with Gasteiger partial charge in [-0.2, -0.15) is 0 Å². The Hall–Kier alpha value is -1.41. The zero-order valence-corrected chi connectivity index (χ0v) is 13.0. The predicted molar refractivity (Wildman–Crippen MR) is 83.3 cm³/mol. The molecular weight excluding hydrogens is 252 g/mol. The van der Waals surface area contributed by atoms with Crippen molar-refractivity contribution in [3.63, 3.8) is 0 Å². The van der Waals surface area contributed by atoms with E-state index in [1.807, 2.05) is 12.1 Å². The molecule has 0 spiro atoms. The van der Waals surface area contributed by atoms with E-state index in [0.29, 0.717) is 0 Å². The lowest BCUT2D eigenvalue weighted by Crippen LogP contribution is -2.11. The van der Waals surface area contributed by atoms with E-state index in [1.165, 1.54) is 27.1 Å². The summed E-state index contributed by atoms with van der Waals surface area (Å²) in [5.74, 6) is 0. The van der Waals surface area contributed by atoms with E-state index < -0.39 is 0 Å². The van der Waals surface area contributed by atoms with Crippen LogP contribution >= 0.6 is 11.3 Å². The molecule has 0 aliphatic rings. The lowest BCUT2D eigenvalue weighted by Gasteiger charge is -2.22. The minimum Gasteiger partial charge on any atom is -0.297 e. The summed E-state index contributed by atoms with van der Waals surface area (Å²) in [6.07, 6.45) is 0.919. The van der Waals surface area contributed by atoms with Crippen molar-refractivity contribution in [3.8, 4) is 10.4 Å². The molecule has 2 heteroatoms. The van der Waals surface area contributed by atoms with Crippen LogP contribution in [0.4, 0.5) is 0 Å². The predicted octanol–water partition coefficient (Wildman–Crippen LogP) is 5.14. The second-order valence-electron chi connectivity index (χ2n) is 6.05. The van der Waals surface area contributed by atoms with Crippen molar-refractivity contribution in [3.05, 3.63) is 45.8 Å². The Bertz CT molecular complexity index is 591. The van der Waals surface area contributed by atoms with Crippen LogP contribution in [0.2, 0.25) is 0 Å². The van der Waals surface area contributed by atoms with Crippen LogP contribution in [0.25, 0.3) is 10.4 Å². The van der Waals surface area contributed by atoms with E-state index in [0.717, 1.165) is 11.2 Å². The van der Waals surface area contributed by atoms with Gasteiger partial charge in [0, 0.05) is 4.88 Å². The summed E-state index contributed by atoms with van der Waals surface area (Å²) >= 11 is 1.56. The van der Waals surface area contributed by atoms with Crippen molar-refractivity contribution < 1.29 is 4.79 Å². The van der Waals surface area contributed by atoms with E-state index in [-0.39, 0.29) is 5.41 Å². The lowest BCUT2D eigenvalue weighted by molar-refractivity contribution is 0.112. The molecule has 1 aromatic heterocycles. The Labute approximate surface area is 119 Å². The molecule has 0 amide bonds. The van der Waals surface area contributed by atoms with Gasteiger partial charge in [0.25, 0.3) is 0 Å². The van der Waals surface area contributed by atoms with Gasteiger partial charge in [-0.25, -0.2) is 0 Å². The minimum atomic E-state index is 0.164. The van der Waals surface area contributed by atoms with Gasteiger partial charge in [0.15, 0.2) is 6.29 Å². The number of rotatable bonds is 2. The Balaban J connectivity index is 2.56. The number of hydrogen-bond donors (Lipinski definition) is 0. The number of aldehydes is 1. The molecule has 0 radical (unpaired) electrons. The van der Waals surface area contributed by atoms with E-state index in [2.05, 4.69) is 46.8 Å². The first-order valence-electron chi connectivity index (χ1n) is 6.50. The quantitative estimate of drug-likeness (QED) is 0.692. The highest BCUT2D eigenvalue weighted by atomic mass is 32.1.